The summed E-state index contributed by atoms with van der Waals surface area (Å²) in [5.74, 6) is 12.9. The van der Waals surface area contributed by atoms with E-state index in [1.54, 1.807) is 6.07 Å². The van der Waals surface area contributed by atoms with Crippen LogP contribution in [0.15, 0.2) is 40.9 Å². The van der Waals surface area contributed by atoms with Gasteiger partial charge in [0.1, 0.15) is 17.8 Å². The van der Waals surface area contributed by atoms with Gasteiger partial charge in [-0.1, -0.05) is 17.4 Å². The van der Waals surface area contributed by atoms with E-state index >= 15 is 0 Å². The van der Waals surface area contributed by atoms with Crippen molar-refractivity contribution in [2.24, 2.45) is 22.0 Å². The number of hydrogen-bond donors (Lipinski definition) is 2. The van der Waals surface area contributed by atoms with Gasteiger partial charge in [0.25, 0.3) is 0 Å². The quantitative estimate of drug-likeness (QED) is 0.497. The highest BCUT2D eigenvalue weighted by Crippen LogP contribution is 2.34. The number of hydrazine groups is 1. The summed E-state index contributed by atoms with van der Waals surface area (Å²) in [6.07, 6.45) is 1.50. The van der Waals surface area contributed by atoms with Crippen LogP contribution in [-0.4, -0.2) is 36.3 Å². The van der Waals surface area contributed by atoms with Crippen LogP contribution in [0.4, 0.5) is 23.0 Å². The third kappa shape index (κ3) is 3.26. The fourth-order valence-electron chi connectivity index (χ4n) is 2.65. The number of ether oxygens (including phenoxy) is 1. The molecule has 0 bridgehead atoms. The Morgan fingerprint density at radius 1 is 1.25 bits per heavy atom. The van der Waals surface area contributed by atoms with Crippen LogP contribution in [0.1, 0.15) is 5.56 Å². The van der Waals surface area contributed by atoms with Crippen LogP contribution in [0.5, 0.6) is 0 Å². The molecular weight excluding hydrogens is 308 g/mol. The van der Waals surface area contributed by atoms with Crippen LogP contribution in [-0.2, 0) is 4.74 Å². The molecule has 1 aliphatic rings. The van der Waals surface area contributed by atoms with E-state index in [-0.39, 0.29) is 0 Å². The van der Waals surface area contributed by atoms with E-state index in [0.717, 1.165) is 24.5 Å². The third-order valence-corrected chi connectivity index (χ3v) is 3.84. The van der Waals surface area contributed by atoms with Gasteiger partial charge in [0.05, 0.1) is 18.9 Å². The normalized spacial score (nSPS) is 15.0. The van der Waals surface area contributed by atoms with Gasteiger partial charge in [-0.2, -0.15) is 0 Å². The topological polar surface area (TPSA) is 118 Å². The van der Waals surface area contributed by atoms with E-state index in [4.69, 9.17) is 16.4 Å². The van der Waals surface area contributed by atoms with E-state index in [1.807, 2.05) is 25.1 Å². The van der Waals surface area contributed by atoms with Gasteiger partial charge in [-0.15, -0.1) is 5.11 Å². The SMILES string of the molecule is Cc1cccc(N=NN)c1N(N)c1cc(N2CCOCC2)ncn1. The Morgan fingerprint density at radius 3 is 2.79 bits per heavy atom. The minimum atomic E-state index is 0.564. The average Bonchev–Trinajstić information content (AvgIpc) is 2.63. The maximum Gasteiger partial charge on any atom is 0.152 e. The molecule has 2 aromatic rings. The molecule has 0 spiro atoms. The molecule has 126 valence electrons. The molecule has 1 aromatic carbocycles. The van der Waals surface area contributed by atoms with Gasteiger partial charge in [-0.25, -0.2) is 15.8 Å². The molecule has 0 saturated carbocycles. The van der Waals surface area contributed by atoms with Gasteiger partial charge >= 0.3 is 0 Å². The van der Waals surface area contributed by atoms with E-state index in [2.05, 4.69) is 25.2 Å². The summed E-state index contributed by atoms with van der Waals surface area (Å²) in [5, 5.41) is 8.78. The molecule has 1 saturated heterocycles. The summed E-state index contributed by atoms with van der Waals surface area (Å²) in [7, 11) is 0. The molecule has 4 N–H and O–H groups in total. The van der Waals surface area contributed by atoms with Gasteiger partial charge < -0.3 is 15.5 Å². The summed E-state index contributed by atoms with van der Waals surface area (Å²) >= 11 is 0. The lowest BCUT2D eigenvalue weighted by molar-refractivity contribution is 0.122. The molecule has 1 aliphatic heterocycles. The first kappa shape index (κ1) is 16.1. The molecule has 0 aliphatic carbocycles. The van der Waals surface area contributed by atoms with Gasteiger partial charge in [0, 0.05) is 19.2 Å². The van der Waals surface area contributed by atoms with E-state index in [0.29, 0.717) is 30.4 Å². The average molecular weight is 328 g/mol. The van der Waals surface area contributed by atoms with Crippen molar-refractivity contribution in [3.05, 3.63) is 36.2 Å². The number of nitrogens with two attached hydrogens (primary N) is 2. The maximum atomic E-state index is 6.30. The van der Waals surface area contributed by atoms with Crippen molar-refractivity contribution in [1.82, 2.24) is 9.97 Å². The van der Waals surface area contributed by atoms with Crippen molar-refractivity contribution >= 4 is 23.0 Å². The Kier molecular flexibility index (Phi) is 4.82. The molecule has 3 rings (SSSR count). The van der Waals surface area contributed by atoms with Crippen molar-refractivity contribution in [3.63, 3.8) is 0 Å². The third-order valence-electron chi connectivity index (χ3n) is 3.84. The maximum absolute atomic E-state index is 6.30. The minimum absolute atomic E-state index is 0.564. The van der Waals surface area contributed by atoms with Crippen molar-refractivity contribution in [2.45, 2.75) is 6.92 Å². The Hall–Kier alpha value is -2.78. The first-order chi connectivity index (χ1) is 11.7. The number of hydrogen-bond acceptors (Lipinski definition) is 8. The number of para-hydroxylation sites is 1. The van der Waals surface area contributed by atoms with Crippen molar-refractivity contribution in [3.8, 4) is 0 Å². The summed E-state index contributed by atoms with van der Waals surface area (Å²) in [6.45, 7) is 4.89. The fraction of sp³-hybridized carbons (Fsp3) is 0.333. The van der Waals surface area contributed by atoms with Gasteiger partial charge in [0.2, 0.25) is 0 Å². The van der Waals surface area contributed by atoms with E-state index in [1.165, 1.54) is 11.3 Å². The highest BCUT2D eigenvalue weighted by atomic mass is 16.5. The Bertz CT molecular complexity index is 729. The second-order valence-electron chi connectivity index (χ2n) is 5.36. The second kappa shape index (κ2) is 7.20. The zero-order chi connectivity index (χ0) is 16.9. The van der Waals surface area contributed by atoms with Crippen LogP contribution >= 0.6 is 0 Å². The number of aryl methyl sites for hydroxylation is 1. The van der Waals surface area contributed by atoms with Crippen molar-refractivity contribution in [1.29, 1.82) is 0 Å². The van der Waals surface area contributed by atoms with Crippen LogP contribution in [0.2, 0.25) is 0 Å². The second-order valence-corrected chi connectivity index (χ2v) is 5.36. The summed E-state index contributed by atoms with van der Waals surface area (Å²) in [4.78, 5) is 10.8. The standard InChI is InChI=1S/C15H20N8O/c1-11-3-2-4-12(20-21-16)15(11)23(17)14-9-13(18-10-19-14)22-5-7-24-8-6-22/h2-4,9-10H,5-8,17H2,1H3,(H2,16,20). The highest BCUT2D eigenvalue weighted by molar-refractivity contribution is 5.75. The lowest BCUT2D eigenvalue weighted by Gasteiger charge is -2.28. The number of benzene rings is 1. The van der Waals surface area contributed by atoms with Crippen LogP contribution in [0, 0.1) is 6.92 Å². The zero-order valence-corrected chi connectivity index (χ0v) is 13.5. The van der Waals surface area contributed by atoms with Gasteiger partial charge in [-0.3, -0.25) is 5.01 Å². The number of rotatable bonds is 4. The highest BCUT2D eigenvalue weighted by Gasteiger charge is 2.17. The molecule has 0 unspecified atom stereocenters. The lowest BCUT2D eigenvalue weighted by Crippen LogP contribution is -2.37. The predicted octanol–water partition coefficient (Wildman–Crippen LogP) is 1.59. The molecule has 1 fully saturated rings. The molecule has 9 nitrogen and oxygen atoms in total. The van der Waals surface area contributed by atoms with Gasteiger partial charge in [0.15, 0.2) is 5.82 Å². The molecule has 2 heterocycles. The fourth-order valence-corrected chi connectivity index (χ4v) is 2.65. The van der Waals surface area contributed by atoms with Crippen molar-refractivity contribution < 1.29 is 4.74 Å². The number of morpholine rings is 1. The van der Waals surface area contributed by atoms with Crippen LogP contribution in [0.25, 0.3) is 0 Å². The van der Waals surface area contributed by atoms with Crippen molar-refractivity contribution in [2.75, 3.05) is 36.2 Å². The summed E-state index contributed by atoms with van der Waals surface area (Å²) < 4.78 is 5.37. The molecule has 1 aromatic heterocycles. The van der Waals surface area contributed by atoms with Crippen LogP contribution < -0.4 is 21.6 Å². The minimum Gasteiger partial charge on any atom is -0.378 e. The number of aromatic nitrogens is 2. The Balaban J connectivity index is 1.94. The molecule has 9 heteroatoms. The van der Waals surface area contributed by atoms with Crippen LogP contribution in [0.3, 0.4) is 0 Å². The Labute approximate surface area is 139 Å². The largest absolute Gasteiger partial charge is 0.378 e. The molecule has 24 heavy (non-hydrogen) atoms. The first-order valence-electron chi connectivity index (χ1n) is 7.61. The lowest BCUT2D eigenvalue weighted by atomic mass is 10.1. The molecule has 0 amide bonds. The first-order valence-corrected chi connectivity index (χ1v) is 7.61. The molecular formula is C15H20N8O. The molecule has 0 radical (unpaired) electrons. The summed E-state index contributed by atoms with van der Waals surface area (Å²) in [6, 6.07) is 7.45. The summed E-state index contributed by atoms with van der Waals surface area (Å²) in [5.41, 5.74) is 2.21. The van der Waals surface area contributed by atoms with Gasteiger partial charge in [-0.05, 0) is 18.6 Å². The number of anilines is 3. The zero-order valence-electron chi connectivity index (χ0n) is 13.5. The number of nitrogens with zero attached hydrogens (tertiary/aromatic N) is 6. The van der Waals surface area contributed by atoms with E-state index < -0.39 is 0 Å². The van der Waals surface area contributed by atoms with E-state index in [9.17, 15) is 0 Å². The molecule has 0 atom stereocenters. The smallest absolute Gasteiger partial charge is 0.152 e. The monoisotopic (exact) mass is 328 g/mol. The predicted molar refractivity (Wildman–Crippen MR) is 91.3 cm³/mol. The Morgan fingerprint density at radius 2 is 2.04 bits per heavy atom.